The normalized spacial score (nSPS) is 10.4. The summed E-state index contributed by atoms with van der Waals surface area (Å²) in [6.07, 6.45) is 4.97. The van der Waals surface area contributed by atoms with Gasteiger partial charge in [0.1, 0.15) is 0 Å². The summed E-state index contributed by atoms with van der Waals surface area (Å²) in [5.41, 5.74) is 1.23. The van der Waals surface area contributed by atoms with E-state index in [9.17, 15) is 4.79 Å². The van der Waals surface area contributed by atoms with E-state index < -0.39 is 0 Å². The number of carbonyl (C=O) groups is 1. The first-order chi connectivity index (χ1) is 7.66. The average Bonchev–Trinajstić information content (AvgIpc) is 2.64. The third-order valence-electron chi connectivity index (χ3n) is 2.04. The van der Waals surface area contributed by atoms with Crippen LogP contribution in [0.1, 0.15) is 15.9 Å². The number of rotatable bonds is 3. The maximum absolute atomic E-state index is 11.8. The molecule has 5 heteroatoms. The van der Waals surface area contributed by atoms with Crippen LogP contribution in [0.5, 0.6) is 0 Å². The van der Waals surface area contributed by atoms with E-state index in [2.05, 4.69) is 20.9 Å². The van der Waals surface area contributed by atoms with E-state index in [0.29, 0.717) is 5.56 Å². The van der Waals surface area contributed by atoms with Crippen molar-refractivity contribution in [2.75, 3.05) is 0 Å². The molecule has 0 atom stereocenters. The summed E-state index contributed by atoms with van der Waals surface area (Å²) in [7, 11) is 0. The van der Waals surface area contributed by atoms with Crippen LogP contribution in [0, 0.1) is 0 Å². The Bertz CT molecular complexity index is 524. The van der Waals surface area contributed by atoms with Crippen molar-refractivity contribution in [1.82, 2.24) is 4.98 Å². The van der Waals surface area contributed by atoms with Crippen LogP contribution in [0.2, 0.25) is 5.22 Å². The molecule has 16 heavy (non-hydrogen) atoms. The third-order valence-corrected chi connectivity index (χ3v) is 2.77. The molecule has 0 fully saturated rings. The summed E-state index contributed by atoms with van der Waals surface area (Å²) in [5, 5.41) is 0.132. The summed E-state index contributed by atoms with van der Waals surface area (Å²) >= 11 is 9.02. The van der Waals surface area contributed by atoms with Crippen molar-refractivity contribution < 1.29 is 9.21 Å². The fourth-order valence-corrected chi connectivity index (χ4v) is 1.96. The predicted octanol–water partition coefficient (Wildman–Crippen LogP) is 3.52. The van der Waals surface area contributed by atoms with Gasteiger partial charge in [-0.3, -0.25) is 9.78 Å². The van der Waals surface area contributed by atoms with Gasteiger partial charge < -0.3 is 4.42 Å². The van der Waals surface area contributed by atoms with Gasteiger partial charge in [-0.25, -0.2) is 0 Å². The van der Waals surface area contributed by atoms with Gasteiger partial charge in [-0.1, -0.05) is 0 Å². The maximum Gasteiger partial charge on any atom is 0.203 e. The summed E-state index contributed by atoms with van der Waals surface area (Å²) in [4.78, 5) is 15.8. The summed E-state index contributed by atoms with van der Waals surface area (Å²) in [6, 6.07) is 3.41. The summed E-state index contributed by atoms with van der Waals surface area (Å²) in [5.74, 6) is -0.0846. The topological polar surface area (TPSA) is 43.1 Å². The molecule has 2 aromatic heterocycles. The first-order valence-corrected chi connectivity index (χ1v) is 5.69. The minimum atomic E-state index is -0.0846. The predicted molar refractivity (Wildman–Crippen MR) is 63.7 cm³/mol. The number of aromatic nitrogens is 1. The van der Waals surface area contributed by atoms with Gasteiger partial charge in [0.25, 0.3) is 0 Å². The zero-order valence-electron chi connectivity index (χ0n) is 8.11. The molecule has 0 unspecified atom stereocenters. The molecule has 0 saturated heterocycles. The maximum atomic E-state index is 11.8. The first-order valence-electron chi connectivity index (χ1n) is 4.52. The van der Waals surface area contributed by atoms with Gasteiger partial charge in [0.05, 0.1) is 11.8 Å². The number of hydrogen-bond donors (Lipinski definition) is 0. The second kappa shape index (κ2) is 4.80. The van der Waals surface area contributed by atoms with E-state index in [1.807, 2.05) is 6.07 Å². The van der Waals surface area contributed by atoms with Gasteiger partial charge in [0.15, 0.2) is 5.78 Å². The zero-order valence-corrected chi connectivity index (χ0v) is 10.5. The largest absolute Gasteiger partial charge is 0.452 e. The van der Waals surface area contributed by atoms with Gasteiger partial charge in [-0.15, -0.1) is 0 Å². The lowest BCUT2D eigenvalue weighted by Crippen LogP contribution is -2.03. The Labute approximate surface area is 106 Å². The van der Waals surface area contributed by atoms with Gasteiger partial charge >= 0.3 is 0 Å². The van der Waals surface area contributed by atoms with Crippen LogP contribution < -0.4 is 0 Å². The summed E-state index contributed by atoms with van der Waals surface area (Å²) in [6.45, 7) is 0. The smallest absolute Gasteiger partial charge is 0.203 e. The van der Waals surface area contributed by atoms with Crippen LogP contribution in [0.3, 0.4) is 0 Å². The molecule has 0 amide bonds. The third kappa shape index (κ3) is 2.51. The van der Waals surface area contributed by atoms with Crippen LogP contribution in [-0.2, 0) is 6.42 Å². The lowest BCUT2D eigenvalue weighted by molar-refractivity contribution is 0.0992. The minimum Gasteiger partial charge on any atom is -0.452 e. The standard InChI is InChI=1S/C11H7BrClNO2/c12-8-3-7(5-14-6-8)4-10(15)9-1-2-16-11(9)13/h1-3,5-6H,4H2. The number of carbonyl (C=O) groups excluding carboxylic acids is 1. The van der Waals surface area contributed by atoms with Crippen molar-refractivity contribution in [2.45, 2.75) is 6.42 Å². The van der Waals surface area contributed by atoms with Gasteiger partial charge in [-0.05, 0) is 45.2 Å². The molecular formula is C11H7BrClNO2. The second-order valence-corrected chi connectivity index (χ2v) is 4.48. The molecule has 2 rings (SSSR count). The van der Waals surface area contributed by atoms with Gasteiger partial charge in [-0.2, -0.15) is 0 Å². The first kappa shape index (κ1) is 11.4. The molecule has 0 aliphatic carbocycles. The van der Waals surface area contributed by atoms with Crippen LogP contribution in [0.4, 0.5) is 0 Å². The van der Waals surface area contributed by atoms with Crippen molar-refractivity contribution in [3.8, 4) is 0 Å². The van der Waals surface area contributed by atoms with Gasteiger partial charge in [0.2, 0.25) is 5.22 Å². The van der Waals surface area contributed by atoms with Crippen molar-refractivity contribution in [3.05, 3.63) is 51.6 Å². The quantitative estimate of drug-likeness (QED) is 0.815. The highest BCUT2D eigenvalue weighted by atomic mass is 79.9. The highest BCUT2D eigenvalue weighted by Crippen LogP contribution is 2.19. The van der Waals surface area contributed by atoms with Crippen molar-refractivity contribution >= 4 is 33.3 Å². The van der Waals surface area contributed by atoms with Crippen molar-refractivity contribution in [2.24, 2.45) is 0 Å². The van der Waals surface area contributed by atoms with E-state index in [-0.39, 0.29) is 17.4 Å². The Hall–Kier alpha value is -1.13. The Kier molecular flexibility index (Phi) is 3.41. The average molecular weight is 301 g/mol. The molecule has 2 aromatic rings. The zero-order chi connectivity index (χ0) is 11.5. The lowest BCUT2D eigenvalue weighted by Gasteiger charge is -1.99. The van der Waals surface area contributed by atoms with Crippen LogP contribution >= 0.6 is 27.5 Å². The Balaban J connectivity index is 2.17. The van der Waals surface area contributed by atoms with Crippen LogP contribution in [0.25, 0.3) is 0 Å². The molecule has 0 N–H and O–H groups in total. The number of furan rings is 1. The number of halogens is 2. The van der Waals surface area contributed by atoms with Crippen LogP contribution in [-0.4, -0.2) is 10.8 Å². The van der Waals surface area contributed by atoms with E-state index >= 15 is 0 Å². The van der Waals surface area contributed by atoms with Crippen LogP contribution in [0.15, 0.2) is 39.7 Å². The molecule has 2 heterocycles. The SMILES string of the molecule is O=C(Cc1cncc(Br)c1)c1ccoc1Cl. The number of hydrogen-bond acceptors (Lipinski definition) is 3. The molecule has 0 spiro atoms. The molecule has 0 radical (unpaired) electrons. The molecule has 82 valence electrons. The highest BCUT2D eigenvalue weighted by molar-refractivity contribution is 9.10. The molecule has 0 aliphatic rings. The number of pyridine rings is 1. The number of Topliss-reactive ketones (excluding diaryl/α,β-unsaturated/α-hetero) is 1. The molecular weight excluding hydrogens is 293 g/mol. The van der Waals surface area contributed by atoms with E-state index in [0.717, 1.165) is 10.0 Å². The fourth-order valence-electron chi connectivity index (χ4n) is 1.33. The van der Waals surface area contributed by atoms with Crippen molar-refractivity contribution in [1.29, 1.82) is 0 Å². The lowest BCUT2D eigenvalue weighted by atomic mass is 10.1. The molecule has 3 nitrogen and oxygen atoms in total. The molecule has 0 aromatic carbocycles. The van der Waals surface area contributed by atoms with E-state index in [1.165, 1.54) is 6.26 Å². The van der Waals surface area contributed by atoms with Crippen molar-refractivity contribution in [3.63, 3.8) is 0 Å². The van der Waals surface area contributed by atoms with E-state index in [1.54, 1.807) is 18.5 Å². The molecule has 0 aliphatic heterocycles. The van der Waals surface area contributed by atoms with Gasteiger partial charge in [0, 0.05) is 23.3 Å². The fraction of sp³-hybridized carbons (Fsp3) is 0.0909. The Morgan fingerprint density at radius 1 is 1.50 bits per heavy atom. The molecule has 0 saturated carbocycles. The number of ketones is 1. The highest BCUT2D eigenvalue weighted by Gasteiger charge is 2.13. The number of nitrogens with zero attached hydrogens (tertiary/aromatic N) is 1. The Morgan fingerprint density at radius 2 is 2.31 bits per heavy atom. The summed E-state index contributed by atoms with van der Waals surface area (Å²) < 4.78 is 5.71. The second-order valence-electron chi connectivity index (χ2n) is 3.22. The Morgan fingerprint density at radius 3 is 2.94 bits per heavy atom. The van der Waals surface area contributed by atoms with E-state index in [4.69, 9.17) is 16.0 Å². The monoisotopic (exact) mass is 299 g/mol. The molecule has 0 bridgehead atoms. The minimum absolute atomic E-state index is 0.0846.